The van der Waals surface area contributed by atoms with Crippen molar-refractivity contribution >= 4 is 11.7 Å². The Morgan fingerprint density at radius 3 is 2.67 bits per heavy atom. The van der Waals surface area contributed by atoms with E-state index >= 15 is 0 Å². The van der Waals surface area contributed by atoms with Crippen LogP contribution in [-0.4, -0.2) is 27.3 Å². The minimum absolute atomic E-state index is 0.120. The molecule has 0 atom stereocenters. The second-order valence-electron chi connectivity index (χ2n) is 4.44. The van der Waals surface area contributed by atoms with Gasteiger partial charge >= 0.3 is 5.97 Å². The molecule has 0 N–H and O–H groups in total. The van der Waals surface area contributed by atoms with Gasteiger partial charge in [0.1, 0.15) is 5.69 Å². The second kappa shape index (κ2) is 5.74. The van der Waals surface area contributed by atoms with E-state index in [9.17, 15) is 14.9 Å². The predicted octanol–water partition coefficient (Wildman–Crippen LogP) is 2.57. The number of para-hydroxylation sites is 2. The Morgan fingerprint density at radius 2 is 2.05 bits per heavy atom. The number of rotatable bonds is 4. The van der Waals surface area contributed by atoms with Crippen LogP contribution in [0.25, 0.3) is 5.69 Å². The number of aromatic nitrogens is 2. The summed E-state index contributed by atoms with van der Waals surface area (Å²) in [4.78, 5) is 22.7. The van der Waals surface area contributed by atoms with Gasteiger partial charge in [-0.25, -0.2) is 9.48 Å². The fraction of sp³-hybridized carbons (Fsp3) is 0.286. The Hall–Kier alpha value is -2.70. The number of nitrogens with zero attached hydrogens (tertiary/aromatic N) is 3. The minimum atomic E-state index is -0.547. The molecule has 2 aromatic rings. The predicted molar refractivity (Wildman–Crippen MR) is 75.6 cm³/mol. The highest BCUT2D eigenvalue weighted by molar-refractivity contribution is 5.90. The van der Waals surface area contributed by atoms with E-state index in [0.29, 0.717) is 11.3 Å². The van der Waals surface area contributed by atoms with Crippen molar-refractivity contribution in [1.82, 2.24) is 9.78 Å². The number of carbonyl (C=O) groups excluding carboxylic acids is 1. The number of hydrogen-bond donors (Lipinski definition) is 0. The Balaban J connectivity index is 2.68. The van der Waals surface area contributed by atoms with Crippen molar-refractivity contribution in [1.29, 1.82) is 0 Å². The zero-order valence-corrected chi connectivity index (χ0v) is 12.0. The van der Waals surface area contributed by atoms with Crippen LogP contribution in [0.1, 0.15) is 28.7 Å². The lowest BCUT2D eigenvalue weighted by Gasteiger charge is -2.08. The van der Waals surface area contributed by atoms with Crippen molar-refractivity contribution in [3.63, 3.8) is 0 Å². The Bertz CT molecular complexity index is 706. The summed E-state index contributed by atoms with van der Waals surface area (Å²) >= 11 is 0. The van der Waals surface area contributed by atoms with Gasteiger partial charge < -0.3 is 4.74 Å². The van der Waals surface area contributed by atoms with Gasteiger partial charge in [0.05, 0.1) is 17.2 Å². The number of hydrogen-bond acceptors (Lipinski definition) is 5. The molecule has 0 saturated carbocycles. The van der Waals surface area contributed by atoms with Gasteiger partial charge in [0.2, 0.25) is 0 Å². The highest BCUT2D eigenvalue weighted by Crippen LogP contribution is 2.26. The maximum atomic E-state index is 12.1. The first kappa shape index (κ1) is 14.7. The third-order valence-corrected chi connectivity index (χ3v) is 3.14. The van der Waals surface area contributed by atoms with E-state index in [-0.39, 0.29) is 23.7 Å². The monoisotopic (exact) mass is 289 g/mol. The normalized spacial score (nSPS) is 10.4. The van der Waals surface area contributed by atoms with Crippen LogP contribution in [0.3, 0.4) is 0 Å². The third-order valence-electron chi connectivity index (χ3n) is 3.14. The summed E-state index contributed by atoms with van der Waals surface area (Å²) in [5.41, 5.74) is 1.60. The molecule has 1 heterocycles. The average molecular weight is 289 g/mol. The largest absolute Gasteiger partial charge is 0.461 e. The highest BCUT2D eigenvalue weighted by atomic mass is 16.6. The van der Waals surface area contributed by atoms with Crippen molar-refractivity contribution in [2.45, 2.75) is 20.8 Å². The summed E-state index contributed by atoms with van der Waals surface area (Å²) in [7, 11) is 0. The molecule has 110 valence electrons. The van der Waals surface area contributed by atoms with Crippen molar-refractivity contribution in [3.05, 3.63) is 51.3 Å². The zero-order valence-electron chi connectivity index (χ0n) is 12.0. The molecule has 0 radical (unpaired) electrons. The quantitative estimate of drug-likeness (QED) is 0.490. The van der Waals surface area contributed by atoms with Crippen LogP contribution in [0.4, 0.5) is 5.69 Å². The lowest BCUT2D eigenvalue weighted by molar-refractivity contribution is -0.384. The van der Waals surface area contributed by atoms with Gasteiger partial charge in [-0.05, 0) is 26.8 Å². The van der Waals surface area contributed by atoms with E-state index in [1.54, 1.807) is 39.0 Å². The molecule has 0 aliphatic rings. The second-order valence-corrected chi connectivity index (χ2v) is 4.44. The zero-order chi connectivity index (χ0) is 15.6. The lowest BCUT2D eigenvalue weighted by atomic mass is 10.2. The smallest absolute Gasteiger partial charge is 0.357 e. The fourth-order valence-electron chi connectivity index (χ4n) is 2.02. The topological polar surface area (TPSA) is 87.3 Å². The first-order valence-electron chi connectivity index (χ1n) is 6.44. The van der Waals surface area contributed by atoms with Crippen molar-refractivity contribution in [2.75, 3.05) is 6.61 Å². The summed E-state index contributed by atoms with van der Waals surface area (Å²) in [6, 6.07) is 6.14. The molecule has 0 spiro atoms. The van der Waals surface area contributed by atoms with Crippen LogP contribution in [-0.2, 0) is 4.74 Å². The molecular weight excluding hydrogens is 274 g/mol. The number of esters is 1. The molecule has 0 amide bonds. The number of ether oxygens (including phenoxy) is 1. The molecule has 7 heteroatoms. The van der Waals surface area contributed by atoms with Crippen LogP contribution in [0.5, 0.6) is 0 Å². The van der Waals surface area contributed by atoms with Gasteiger partial charge in [0, 0.05) is 11.6 Å². The maximum absolute atomic E-state index is 12.1. The number of nitro benzene ring substituents is 1. The van der Waals surface area contributed by atoms with Gasteiger partial charge in [0.15, 0.2) is 5.69 Å². The summed E-state index contributed by atoms with van der Waals surface area (Å²) in [5, 5.41) is 15.4. The number of nitro groups is 1. The van der Waals surface area contributed by atoms with E-state index in [2.05, 4.69) is 5.10 Å². The standard InChI is InChI=1S/C14H15N3O4/c1-4-21-14(18)13-9(2)10(3)15-16(13)11-7-5-6-8-12(11)17(19)20/h5-8H,4H2,1-3H3. The van der Waals surface area contributed by atoms with E-state index in [4.69, 9.17) is 4.74 Å². The van der Waals surface area contributed by atoms with Crippen molar-refractivity contribution in [3.8, 4) is 5.69 Å². The lowest BCUT2D eigenvalue weighted by Crippen LogP contribution is -2.14. The average Bonchev–Trinajstić information content (AvgIpc) is 2.75. The van der Waals surface area contributed by atoms with Crippen LogP contribution >= 0.6 is 0 Å². The Kier molecular flexibility index (Phi) is 4.02. The first-order chi connectivity index (χ1) is 9.97. The van der Waals surface area contributed by atoms with Gasteiger partial charge in [-0.15, -0.1) is 0 Å². The maximum Gasteiger partial charge on any atom is 0.357 e. The van der Waals surface area contributed by atoms with E-state index in [1.165, 1.54) is 10.7 Å². The molecule has 0 fully saturated rings. The third kappa shape index (κ3) is 2.62. The molecule has 21 heavy (non-hydrogen) atoms. The highest BCUT2D eigenvalue weighted by Gasteiger charge is 2.25. The summed E-state index contributed by atoms with van der Waals surface area (Å²) < 4.78 is 6.29. The molecular formula is C14H15N3O4. The van der Waals surface area contributed by atoms with Crippen LogP contribution < -0.4 is 0 Å². The van der Waals surface area contributed by atoms with Gasteiger partial charge in [-0.3, -0.25) is 10.1 Å². The molecule has 0 bridgehead atoms. The summed E-state index contributed by atoms with van der Waals surface area (Å²) in [5.74, 6) is -0.547. The molecule has 0 aliphatic carbocycles. The van der Waals surface area contributed by atoms with E-state index in [0.717, 1.165) is 0 Å². The fourth-order valence-corrected chi connectivity index (χ4v) is 2.02. The minimum Gasteiger partial charge on any atom is -0.461 e. The van der Waals surface area contributed by atoms with Gasteiger partial charge in [-0.1, -0.05) is 12.1 Å². The van der Waals surface area contributed by atoms with Gasteiger partial charge in [0.25, 0.3) is 5.69 Å². The molecule has 2 rings (SSSR count). The van der Waals surface area contributed by atoms with Crippen molar-refractivity contribution < 1.29 is 14.5 Å². The van der Waals surface area contributed by atoms with Crippen LogP contribution in [0.2, 0.25) is 0 Å². The SMILES string of the molecule is CCOC(=O)c1c(C)c(C)nn1-c1ccccc1[N+](=O)[O-]. The molecule has 7 nitrogen and oxygen atoms in total. The molecule has 1 aromatic carbocycles. The summed E-state index contributed by atoms with van der Waals surface area (Å²) in [6.45, 7) is 5.40. The number of benzene rings is 1. The number of aryl methyl sites for hydroxylation is 1. The Morgan fingerprint density at radius 1 is 1.38 bits per heavy atom. The number of carbonyl (C=O) groups is 1. The first-order valence-corrected chi connectivity index (χ1v) is 6.44. The molecule has 0 aliphatic heterocycles. The van der Waals surface area contributed by atoms with E-state index in [1.807, 2.05) is 0 Å². The molecule has 1 aromatic heterocycles. The van der Waals surface area contributed by atoms with Crippen LogP contribution in [0.15, 0.2) is 24.3 Å². The van der Waals surface area contributed by atoms with Crippen LogP contribution in [0, 0.1) is 24.0 Å². The van der Waals surface area contributed by atoms with Crippen molar-refractivity contribution in [2.24, 2.45) is 0 Å². The molecule has 0 saturated heterocycles. The van der Waals surface area contributed by atoms with Gasteiger partial charge in [-0.2, -0.15) is 5.10 Å². The molecule has 0 unspecified atom stereocenters. The van der Waals surface area contributed by atoms with E-state index < -0.39 is 10.9 Å². The Labute approximate surface area is 121 Å². The summed E-state index contributed by atoms with van der Waals surface area (Å²) in [6.07, 6.45) is 0.